The van der Waals surface area contributed by atoms with Crippen molar-refractivity contribution in [2.24, 2.45) is 0 Å². The summed E-state index contributed by atoms with van der Waals surface area (Å²) in [5.41, 5.74) is 6.95. The van der Waals surface area contributed by atoms with Crippen LogP contribution in [0.5, 0.6) is 5.75 Å². The number of ether oxygens (including phenoxy) is 4. The Labute approximate surface area is 309 Å². The molecule has 3 aromatic carbocycles. The van der Waals surface area contributed by atoms with Crippen LogP contribution < -0.4 is 10.1 Å². The number of alkyl halides is 1. The molecule has 1 N–H and O–H groups in total. The van der Waals surface area contributed by atoms with Crippen LogP contribution in [0.4, 0.5) is 0 Å². The van der Waals surface area contributed by atoms with E-state index in [1.807, 2.05) is 38.2 Å². The second kappa shape index (κ2) is 18.1. The van der Waals surface area contributed by atoms with Crippen LogP contribution in [-0.2, 0) is 45.6 Å². The summed E-state index contributed by atoms with van der Waals surface area (Å²) >= 11 is 3.78. The Hall–Kier alpha value is -3.74. The predicted molar refractivity (Wildman–Crippen MR) is 206 cm³/mol. The van der Waals surface area contributed by atoms with Gasteiger partial charge in [0.15, 0.2) is 0 Å². The number of rotatable bonds is 18. The zero-order valence-electron chi connectivity index (χ0n) is 30.1. The largest absolute Gasteiger partial charge is 0.493 e. The molecular weight excluding hydrogens is 710 g/mol. The molecule has 0 bridgehead atoms. The maximum absolute atomic E-state index is 14.0. The maximum Gasteiger partial charge on any atom is 0.355 e. The van der Waals surface area contributed by atoms with E-state index in [9.17, 15) is 4.79 Å². The van der Waals surface area contributed by atoms with Gasteiger partial charge in [-0.1, -0.05) is 70.5 Å². The fourth-order valence-electron chi connectivity index (χ4n) is 7.21. The summed E-state index contributed by atoms with van der Waals surface area (Å²) in [6.45, 7) is 9.27. The molecule has 0 radical (unpaired) electrons. The predicted octanol–water partition coefficient (Wildman–Crippen LogP) is 6.83. The smallest absolute Gasteiger partial charge is 0.355 e. The van der Waals surface area contributed by atoms with Crippen LogP contribution in [0, 0.1) is 0 Å². The van der Waals surface area contributed by atoms with Crippen LogP contribution in [0.3, 0.4) is 0 Å². The zero-order chi connectivity index (χ0) is 35.6. The highest BCUT2D eigenvalue weighted by Crippen LogP contribution is 2.40. The molecule has 1 aliphatic heterocycles. The average molecular weight is 761 g/mol. The lowest BCUT2D eigenvalue weighted by Gasteiger charge is -2.27. The van der Waals surface area contributed by atoms with Crippen molar-refractivity contribution in [1.82, 2.24) is 24.6 Å². The third-order valence-electron chi connectivity index (χ3n) is 9.55. The summed E-state index contributed by atoms with van der Waals surface area (Å²) in [6.07, 6.45) is 2.25. The molecule has 51 heavy (non-hydrogen) atoms. The van der Waals surface area contributed by atoms with E-state index in [-0.39, 0.29) is 5.97 Å². The van der Waals surface area contributed by atoms with E-state index in [0.29, 0.717) is 63.6 Å². The second-order valence-electron chi connectivity index (χ2n) is 12.8. The van der Waals surface area contributed by atoms with Crippen LogP contribution in [0.1, 0.15) is 47.2 Å². The first-order chi connectivity index (χ1) is 25.1. The number of hydrogen-bond donors (Lipinski definition) is 1. The van der Waals surface area contributed by atoms with Crippen LogP contribution in [0.15, 0.2) is 60.7 Å². The zero-order valence-corrected chi connectivity index (χ0v) is 31.7. The van der Waals surface area contributed by atoms with Gasteiger partial charge in [-0.3, -0.25) is 9.58 Å². The van der Waals surface area contributed by atoms with E-state index >= 15 is 0 Å². The van der Waals surface area contributed by atoms with Crippen molar-refractivity contribution in [1.29, 1.82) is 0 Å². The summed E-state index contributed by atoms with van der Waals surface area (Å²) in [5, 5.41) is 12.3. The standard InChI is InChI=1S/C40H50BrN5O5/c1-4-50-40(47)39-32(16-9-23-51-36-17-7-12-29-11-5-6-13-30(29)36)31-14-8-15-33(38(31)45(39)19-10-18-42-2)37-34(27-41)43-46(22-24-48-3)35(37)28-44-20-25-49-26-21-44/h5-8,11-15,17,42H,4,9-10,16,18-28H2,1-3H3. The molecule has 0 amide bonds. The second-order valence-corrected chi connectivity index (χ2v) is 13.4. The highest BCUT2D eigenvalue weighted by atomic mass is 79.9. The van der Waals surface area contributed by atoms with E-state index in [2.05, 4.69) is 71.8 Å². The molecule has 6 rings (SSSR count). The minimum Gasteiger partial charge on any atom is -0.493 e. The minimum absolute atomic E-state index is 0.292. The molecule has 0 saturated carbocycles. The number of aromatic nitrogens is 3. The number of carbonyl (C=O) groups excluding carboxylic acids is 1. The van der Waals surface area contributed by atoms with Crippen molar-refractivity contribution in [3.8, 4) is 16.9 Å². The van der Waals surface area contributed by atoms with Crippen molar-refractivity contribution in [3.63, 3.8) is 0 Å². The van der Waals surface area contributed by atoms with Gasteiger partial charge in [-0.05, 0) is 56.8 Å². The van der Waals surface area contributed by atoms with Crippen molar-refractivity contribution in [3.05, 3.63) is 83.3 Å². The first-order valence-electron chi connectivity index (χ1n) is 18.1. The van der Waals surface area contributed by atoms with Gasteiger partial charge < -0.3 is 28.8 Å². The van der Waals surface area contributed by atoms with Crippen LogP contribution >= 0.6 is 15.9 Å². The van der Waals surface area contributed by atoms with Crippen molar-refractivity contribution in [2.45, 2.75) is 51.2 Å². The van der Waals surface area contributed by atoms with Crippen molar-refractivity contribution >= 4 is 43.6 Å². The topological polar surface area (TPSA) is 92.0 Å². The molecule has 0 aliphatic carbocycles. The van der Waals surface area contributed by atoms with Gasteiger partial charge in [-0.15, -0.1) is 0 Å². The van der Waals surface area contributed by atoms with Crippen LogP contribution in [-0.4, -0.2) is 92.0 Å². The van der Waals surface area contributed by atoms with Gasteiger partial charge in [0.25, 0.3) is 0 Å². The summed E-state index contributed by atoms with van der Waals surface area (Å²) in [5.74, 6) is 0.579. The van der Waals surface area contributed by atoms with Gasteiger partial charge in [0.1, 0.15) is 11.4 Å². The molecule has 11 heteroatoms. The van der Waals surface area contributed by atoms with E-state index in [1.54, 1.807) is 7.11 Å². The fourth-order valence-corrected chi connectivity index (χ4v) is 7.60. The normalized spacial score (nSPS) is 13.7. The van der Waals surface area contributed by atoms with Gasteiger partial charge in [-0.2, -0.15) is 5.10 Å². The highest BCUT2D eigenvalue weighted by Gasteiger charge is 2.29. The number of nitrogens with zero attached hydrogens (tertiary/aromatic N) is 4. The Morgan fingerprint density at radius 2 is 1.76 bits per heavy atom. The lowest BCUT2D eigenvalue weighted by Crippen LogP contribution is -2.36. The van der Waals surface area contributed by atoms with Crippen molar-refractivity contribution in [2.75, 3.05) is 66.8 Å². The number of methoxy groups -OCH3 is 1. The quantitative estimate of drug-likeness (QED) is 0.0591. The fraction of sp³-hybridized carbons (Fsp3) is 0.450. The molecule has 0 atom stereocenters. The number of nitrogens with one attached hydrogen (secondary N) is 1. The van der Waals surface area contributed by atoms with Gasteiger partial charge in [0, 0.05) is 60.5 Å². The van der Waals surface area contributed by atoms with Crippen LogP contribution in [0.2, 0.25) is 0 Å². The Balaban J connectivity index is 1.45. The Morgan fingerprint density at radius 1 is 0.980 bits per heavy atom. The van der Waals surface area contributed by atoms with Gasteiger partial charge in [0.2, 0.25) is 0 Å². The average Bonchev–Trinajstić information content (AvgIpc) is 3.67. The lowest BCUT2D eigenvalue weighted by molar-refractivity contribution is 0.0329. The maximum atomic E-state index is 14.0. The van der Waals surface area contributed by atoms with E-state index in [4.69, 9.17) is 24.0 Å². The molecule has 1 saturated heterocycles. The SMILES string of the molecule is CCOC(=O)c1c(CCCOc2cccc3ccccc23)c2cccc(-c3c(CBr)nn(CCOC)c3CN3CCOCC3)c2n1CCCNC. The number of halogens is 1. The minimum atomic E-state index is -0.292. The number of esters is 1. The highest BCUT2D eigenvalue weighted by molar-refractivity contribution is 9.08. The first kappa shape index (κ1) is 37.0. The number of hydrogen-bond acceptors (Lipinski definition) is 8. The Morgan fingerprint density at radius 3 is 2.55 bits per heavy atom. The van der Waals surface area contributed by atoms with Crippen LogP contribution in [0.25, 0.3) is 32.8 Å². The molecule has 0 unspecified atom stereocenters. The Bertz CT molecular complexity index is 1910. The van der Waals surface area contributed by atoms with Crippen molar-refractivity contribution < 1.29 is 23.7 Å². The monoisotopic (exact) mass is 759 g/mol. The summed E-state index contributed by atoms with van der Waals surface area (Å²) in [4.78, 5) is 16.4. The Kier molecular flexibility index (Phi) is 13.2. The summed E-state index contributed by atoms with van der Waals surface area (Å²) < 4.78 is 27.6. The summed E-state index contributed by atoms with van der Waals surface area (Å²) in [6, 6.07) is 20.9. The third kappa shape index (κ3) is 8.34. The third-order valence-corrected chi connectivity index (χ3v) is 10.1. The summed E-state index contributed by atoms with van der Waals surface area (Å²) in [7, 11) is 3.68. The number of para-hydroxylation sites is 1. The number of morpholine rings is 1. The van der Waals surface area contributed by atoms with E-state index in [1.165, 1.54) is 0 Å². The van der Waals surface area contributed by atoms with E-state index in [0.717, 1.165) is 94.5 Å². The van der Waals surface area contributed by atoms with Gasteiger partial charge >= 0.3 is 5.97 Å². The number of aryl methyl sites for hydroxylation is 2. The number of fused-ring (bicyclic) bond motifs is 2. The molecule has 10 nitrogen and oxygen atoms in total. The lowest BCUT2D eigenvalue weighted by atomic mass is 9.98. The molecule has 272 valence electrons. The van der Waals surface area contributed by atoms with Gasteiger partial charge in [0.05, 0.1) is 56.5 Å². The van der Waals surface area contributed by atoms with E-state index < -0.39 is 0 Å². The molecule has 2 aromatic heterocycles. The van der Waals surface area contributed by atoms with Gasteiger partial charge in [-0.25, -0.2) is 4.79 Å². The molecule has 1 aliphatic rings. The molecular formula is C40H50BrN5O5. The number of carbonyl (C=O) groups is 1. The first-order valence-corrected chi connectivity index (χ1v) is 19.2. The molecule has 5 aromatic rings. The molecule has 1 fully saturated rings. The molecule has 0 spiro atoms. The molecule has 3 heterocycles. The number of benzene rings is 3.